The zero-order valence-electron chi connectivity index (χ0n) is 8.87. The first-order valence-corrected chi connectivity index (χ1v) is 6.25. The Hall–Kier alpha value is -1.38. The van der Waals surface area contributed by atoms with E-state index in [2.05, 4.69) is 9.97 Å². The zero-order chi connectivity index (χ0) is 13.3. The summed E-state index contributed by atoms with van der Waals surface area (Å²) < 4.78 is 64.1. The van der Waals surface area contributed by atoms with Crippen molar-refractivity contribution < 1.29 is 26.3 Å². The molecule has 0 saturated heterocycles. The highest BCUT2D eigenvalue weighted by Gasteiger charge is 2.35. The van der Waals surface area contributed by atoms with Crippen LogP contribution in [0.3, 0.4) is 0 Å². The quantitative estimate of drug-likeness (QED) is 0.768. The van der Waals surface area contributed by atoms with Crippen molar-refractivity contribution in [1.29, 1.82) is 0 Å². The molecule has 0 saturated carbocycles. The molecule has 0 spiro atoms. The van der Waals surface area contributed by atoms with Gasteiger partial charge in [-0.25, -0.2) is 13.4 Å². The minimum Gasteiger partial charge on any atom is -0.477 e. The van der Waals surface area contributed by atoms with Gasteiger partial charge in [0.15, 0.2) is 5.69 Å². The van der Waals surface area contributed by atoms with Gasteiger partial charge in [-0.2, -0.15) is 18.2 Å². The van der Waals surface area contributed by atoms with Gasteiger partial charge in [0.1, 0.15) is 0 Å². The van der Waals surface area contributed by atoms with Gasteiger partial charge in [0.05, 0.1) is 12.7 Å². The molecule has 1 aromatic heterocycles. The standard InChI is InChI=1S/C8H8F3N2O3S/c1-3-16-6-4-5(8(9,10)11)12-7(13-6)17(2,14)15/h3H2,1-2H3. The van der Waals surface area contributed by atoms with Crippen molar-refractivity contribution in [2.75, 3.05) is 12.9 Å². The Labute approximate surface area is 95.6 Å². The van der Waals surface area contributed by atoms with Gasteiger partial charge in [0, 0.05) is 6.26 Å². The van der Waals surface area contributed by atoms with Crippen molar-refractivity contribution >= 4 is 9.84 Å². The first-order chi connectivity index (χ1) is 7.64. The number of hydrogen-bond donors (Lipinski definition) is 0. The predicted molar refractivity (Wildman–Crippen MR) is 50.1 cm³/mol. The Kier molecular flexibility index (Phi) is 3.60. The number of hydrogen-bond acceptors (Lipinski definition) is 5. The average Bonchev–Trinajstić information content (AvgIpc) is 2.15. The number of aromatic nitrogens is 2. The highest BCUT2D eigenvalue weighted by molar-refractivity contribution is 7.90. The molecule has 0 fully saturated rings. The molecule has 1 radical (unpaired) electrons. The molecule has 5 nitrogen and oxygen atoms in total. The first kappa shape index (κ1) is 13.7. The van der Waals surface area contributed by atoms with Crippen molar-refractivity contribution in [2.45, 2.75) is 18.3 Å². The maximum atomic E-state index is 12.4. The summed E-state index contributed by atoms with van der Waals surface area (Å²) >= 11 is 0. The summed E-state index contributed by atoms with van der Waals surface area (Å²) in [6.45, 7) is 1.55. The number of ether oxygens (including phenoxy) is 1. The molecule has 0 atom stereocenters. The maximum Gasteiger partial charge on any atom is 0.434 e. The van der Waals surface area contributed by atoms with E-state index in [1.54, 1.807) is 6.07 Å². The van der Waals surface area contributed by atoms with E-state index in [4.69, 9.17) is 4.74 Å². The van der Waals surface area contributed by atoms with Crippen molar-refractivity contribution in [3.8, 4) is 5.88 Å². The van der Waals surface area contributed by atoms with Crippen LogP contribution in [0.4, 0.5) is 13.2 Å². The van der Waals surface area contributed by atoms with Crippen LogP contribution in [0.2, 0.25) is 0 Å². The molecule has 9 heteroatoms. The van der Waals surface area contributed by atoms with Gasteiger partial charge < -0.3 is 4.74 Å². The third-order valence-electron chi connectivity index (χ3n) is 1.51. The second-order valence-electron chi connectivity index (χ2n) is 2.99. The highest BCUT2D eigenvalue weighted by Crippen LogP contribution is 2.29. The Morgan fingerprint density at radius 1 is 1.35 bits per heavy atom. The number of sulfone groups is 1. The van der Waals surface area contributed by atoms with Gasteiger partial charge in [-0.15, -0.1) is 0 Å². The predicted octanol–water partition coefficient (Wildman–Crippen LogP) is 1.10. The lowest BCUT2D eigenvalue weighted by Gasteiger charge is -2.08. The van der Waals surface area contributed by atoms with E-state index >= 15 is 0 Å². The van der Waals surface area contributed by atoms with Crippen LogP contribution in [0.5, 0.6) is 5.88 Å². The minimum absolute atomic E-state index is 0.0357. The van der Waals surface area contributed by atoms with Crippen LogP contribution in [0.1, 0.15) is 12.6 Å². The van der Waals surface area contributed by atoms with Gasteiger partial charge in [-0.1, -0.05) is 0 Å². The van der Waals surface area contributed by atoms with E-state index in [0.29, 0.717) is 6.26 Å². The van der Waals surface area contributed by atoms with E-state index in [0.717, 1.165) is 0 Å². The maximum absolute atomic E-state index is 12.4. The smallest absolute Gasteiger partial charge is 0.434 e. The summed E-state index contributed by atoms with van der Waals surface area (Å²) in [5, 5.41) is -0.938. The second kappa shape index (κ2) is 4.47. The normalized spacial score (nSPS) is 12.5. The number of nitrogens with zero attached hydrogens (tertiary/aromatic N) is 2. The molecular weight excluding hydrogens is 261 g/mol. The third-order valence-corrected chi connectivity index (χ3v) is 2.36. The van der Waals surface area contributed by atoms with Gasteiger partial charge in [-0.05, 0) is 6.92 Å². The largest absolute Gasteiger partial charge is 0.477 e. The summed E-state index contributed by atoms with van der Waals surface area (Å²) in [5.74, 6) is -0.546. The zero-order valence-corrected chi connectivity index (χ0v) is 9.68. The van der Waals surface area contributed by atoms with Crippen molar-refractivity contribution in [1.82, 2.24) is 9.97 Å². The Bertz CT molecular complexity index is 513. The molecular formula is C8H8F3N2O3S. The second-order valence-corrected chi connectivity index (χ2v) is 4.90. The fourth-order valence-electron chi connectivity index (χ4n) is 0.870. The summed E-state index contributed by atoms with van der Waals surface area (Å²) in [4.78, 5) is 6.23. The van der Waals surface area contributed by atoms with Crippen molar-refractivity contribution in [3.63, 3.8) is 0 Å². The number of rotatable bonds is 3. The molecule has 0 aliphatic carbocycles. The summed E-state index contributed by atoms with van der Waals surface area (Å²) in [7, 11) is -3.95. The fourth-order valence-corrected chi connectivity index (χ4v) is 1.38. The van der Waals surface area contributed by atoms with Crippen LogP contribution in [0.15, 0.2) is 5.16 Å². The Morgan fingerprint density at radius 2 is 1.94 bits per heavy atom. The van der Waals surface area contributed by atoms with Crippen molar-refractivity contribution in [3.05, 3.63) is 11.8 Å². The molecule has 0 N–H and O–H groups in total. The molecule has 17 heavy (non-hydrogen) atoms. The molecule has 1 heterocycles. The third kappa shape index (κ3) is 3.55. The van der Waals surface area contributed by atoms with Crippen LogP contribution in [0.25, 0.3) is 0 Å². The fraction of sp³-hybridized carbons (Fsp3) is 0.500. The average molecular weight is 269 g/mol. The van der Waals surface area contributed by atoms with Gasteiger partial charge in [0.2, 0.25) is 15.7 Å². The molecule has 0 aliphatic rings. The SMILES string of the molecule is CCOc1[c]c(C(F)(F)F)nc(S(C)(=O)=O)n1. The summed E-state index contributed by atoms with van der Waals surface area (Å²) in [6, 6.07) is 1.76. The van der Waals surface area contributed by atoms with Crippen LogP contribution in [0, 0.1) is 6.07 Å². The van der Waals surface area contributed by atoms with Gasteiger partial charge in [-0.3, -0.25) is 0 Å². The lowest BCUT2D eigenvalue weighted by molar-refractivity contribution is -0.142. The lowest BCUT2D eigenvalue weighted by atomic mass is 10.4. The summed E-state index contributed by atoms with van der Waals surface area (Å²) in [5.41, 5.74) is -1.48. The Morgan fingerprint density at radius 3 is 2.35 bits per heavy atom. The van der Waals surface area contributed by atoms with E-state index in [9.17, 15) is 21.6 Å². The minimum atomic E-state index is -4.81. The molecule has 1 aromatic rings. The molecule has 0 aliphatic heterocycles. The molecule has 0 aromatic carbocycles. The van der Waals surface area contributed by atoms with Crippen LogP contribution in [-0.2, 0) is 16.0 Å². The molecule has 1 rings (SSSR count). The molecule has 0 bridgehead atoms. The molecule has 0 amide bonds. The Balaban J connectivity index is 3.39. The monoisotopic (exact) mass is 269 g/mol. The van der Waals surface area contributed by atoms with Gasteiger partial charge >= 0.3 is 6.18 Å². The van der Waals surface area contributed by atoms with Crippen LogP contribution >= 0.6 is 0 Å². The first-order valence-electron chi connectivity index (χ1n) is 4.36. The van der Waals surface area contributed by atoms with Gasteiger partial charge in [0.25, 0.3) is 5.16 Å². The van der Waals surface area contributed by atoms with Crippen LogP contribution in [-0.4, -0.2) is 31.2 Å². The van der Waals surface area contributed by atoms with E-state index in [1.165, 1.54) is 6.92 Å². The van der Waals surface area contributed by atoms with E-state index in [-0.39, 0.29) is 6.61 Å². The highest BCUT2D eigenvalue weighted by atomic mass is 32.2. The molecule has 0 unspecified atom stereocenters. The van der Waals surface area contributed by atoms with E-state index in [1.807, 2.05) is 0 Å². The molecule has 95 valence electrons. The van der Waals surface area contributed by atoms with E-state index < -0.39 is 32.7 Å². The lowest BCUT2D eigenvalue weighted by Crippen LogP contribution is -2.14. The van der Waals surface area contributed by atoms with Crippen molar-refractivity contribution in [2.24, 2.45) is 0 Å². The topological polar surface area (TPSA) is 69.2 Å². The number of alkyl halides is 3. The summed E-state index contributed by atoms with van der Waals surface area (Å²) in [6.07, 6.45) is -4.10. The van der Waals surface area contributed by atoms with Crippen LogP contribution < -0.4 is 4.74 Å². The number of halogens is 3.